The normalized spacial score (nSPS) is 23.1. The maximum atomic E-state index is 12.7. The lowest BCUT2D eigenvalue weighted by Crippen LogP contribution is -2.45. The Kier molecular flexibility index (Phi) is 5.84. The average molecular weight is 304 g/mol. The molecule has 20 heavy (non-hydrogen) atoms. The Morgan fingerprint density at radius 2 is 1.90 bits per heavy atom. The van der Waals surface area contributed by atoms with Crippen LogP contribution in [0.25, 0.3) is 0 Å². The second-order valence-corrected chi connectivity index (χ2v) is 8.12. The number of rotatable bonds is 8. The van der Waals surface area contributed by atoms with Gasteiger partial charge in [0, 0.05) is 19.7 Å². The fourth-order valence-corrected chi connectivity index (χ4v) is 5.19. The van der Waals surface area contributed by atoms with Crippen LogP contribution in [0.15, 0.2) is 0 Å². The van der Waals surface area contributed by atoms with Gasteiger partial charge >= 0.3 is 0 Å². The quantitative estimate of drug-likeness (QED) is 0.728. The number of nitrogens with zero attached hydrogens (tertiary/aromatic N) is 1. The van der Waals surface area contributed by atoms with E-state index in [0.29, 0.717) is 30.7 Å². The van der Waals surface area contributed by atoms with Crippen LogP contribution in [0, 0.1) is 11.8 Å². The molecule has 0 aromatic rings. The predicted molar refractivity (Wildman–Crippen MR) is 80.1 cm³/mol. The molecule has 1 saturated heterocycles. The molecule has 0 aromatic carbocycles. The first kappa shape index (κ1) is 16.2. The molecule has 1 heterocycles. The van der Waals surface area contributed by atoms with E-state index in [1.54, 1.807) is 11.4 Å². The van der Waals surface area contributed by atoms with Crippen molar-refractivity contribution in [1.82, 2.24) is 9.62 Å². The van der Waals surface area contributed by atoms with Crippen LogP contribution >= 0.6 is 0 Å². The summed E-state index contributed by atoms with van der Waals surface area (Å²) in [6, 6.07) is 0.122. The third-order valence-corrected chi connectivity index (χ3v) is 6.66. The molecule has 5 nitrogen and oxygen atoms in total. The third-order valence-electron chi connectivity index (χ3n) is 4.54. The smallest absolute Gasteiger partial charge is 0.214 e. The second kappa shape index (κ2) is 7.20. The van der Waals surface area contributed by atoms with Crippen molar-refractivity contribution in [1.29, 1.82) is 0 Å². The van der Waals surface area contributed by atoms with Gasteiger partial charge in [-0.25, -0.2) is 8.42 Å². The summed E-state index contributed by atoms with van der Waals surface area (Å²) in [5.41, 5.74) is 0. The molecule has 2 rings (SSSR count). The Balaban J connectivity index is 2.00. The van der Waals surface area contributed by atoms with Crippen molar-refractivity contribution < 1.29 is 13.2 Å². The molecule has 1 aliphatic carbocycles. The van der Waals surface area contributed by atoms with Gasteiger partial charge in [-0.05, 0) is 57.5 Å². The highest BCUT2D eigenvalue weighted by molar-refractivity contribution is 7.89. The van der Waals surface area contributed by atoms with Gasteiger partial charge in [0.1, 0.15) is 0 Å². The van der Waals surface area contributed by atoms with Gasteiger partial charge < -0.3 is 10.1 Å². The number of ether oxygens (including phenoxy) is 1. The van der Waals surface area contributed by atoms with Crippen molar-refractivity contribution in [3.05, 3.63) is 0 Å². The molecular formula is C14H28N2O3S. The summed E-state index contributed by atoms with van der Waals surface area (Å²) in [4.78, 5) is 0. The summed E-state index contributed by atoms with van der Waals surface area (Å²) in [7, 11) is -1.55. The largest absolute Gasteiger partial charge is 0.383 e. The SMILES string of the molecule is COCCN(C(C)C1CC1)S(=O)(=O)CC1CCNCC1. The summed E-state index contributed by atoms with van der Waals surface area (Å²) in [5.74, 6) is 1.16. The molecule has 1 atom stereocenters. The summed E-state index contributed by atoms with van der Waals surface area (Å²) in [6.45, 7) is 4.89. The monoisotopic (exact) mass is 304 g/mol. The highest BCUT2D eigenvalue weighted by atomic mass is 32.2. The van der Waals surface area contributed by atoms with Gasteiger partial charge in [0.25, 0.3) is 0 Å². The number of hydrogen-bond acceptors (Lipinski definition) is 4. The van der Waals surface area contributed by atoms with Crippen LogP contribution in [0.4, 0.5) is 0 Å². The topological polar surface area (TPSA) is 58.6 Å². The van der Waals surface area contributed by atoms with Gasteiger partial charge in [-0.1, -0.05) is 0 Å². The first-order valence-corrected chi connectivity index (χ1v) is 9.34. The lowest BCUT2D eigenvalue weighted by Gasteiger charge is -2.31. The van der Waals surface area contributed by atoms with E-state index in [1.807, 2.05) is 6.92 Å². The Morgan fingerprint density at radius 3 is 2.45 bits per heavy atom. The van der Waals surface area contributed by atoms with E-state index in [9.17, 15) is 8.42 Å². The van der Waals surface area contributed by atoms with E-state index < -0.39 is 10.0 Å². The number of methoxy groups -OCH3 is 1. The van der Waals surface area contributed by atoms with E-state index in [1.165, 1.54) is 0 Å². The molecule has 0 amide bonds. The third kappa shape index (κ3) is 4.41. The molecule has 0 bridgehead atoms. The van der Waals surface area contributed by atoms with Crippen molar-refractivity contribution >= 4 is 10.0 Å². The molecule has 118 valence electrons. The summed E-state index contributed by atoms with van der Waals surface area (Å²) < 4.78 is 32.3. The molecule has 6 heteroatoms. The molecule has 0 radical (unpaired) electrons. The molecule has 1 N–H and O–H groups in total. The van der Waals surface area contributed by atoms with Gasteiger partial charge in [-0.3, -0.25) is 0 Å². The highest BCUT2D eigenvalue weighted by Crippen LogP contribution is 2.36. The van der Waals surface area contributed by atoms with Crippen molar-refractivity contribution in [2.75, 3.05) is 39.1 Å². The molecular weight excluding hydrogens is 276 g/mol. The number of piperidine rings is 1. The zero-order valence-corrected chi connectivity index (χ0v) is 13.5. The molecule has 0 spiro atoms. The number of hydrogen-bond donors (Lipinski definition) is 1. The van der Waals surface area contributed by atoms with Gasteiger partial charge in [0.05, 0.1) is 12.4 Å². The molecule has 1 saturated carbocycles. The molecule has 1 aliphatic heterocycles. The van der Waals surface area contributed by atoms with Gasteiger partial charge in [-0.15, -0.1) is 0 Å². The average Bonchev–Trinajstić information content (AvgIpc) is 3.23. The van der Waals surface area contributed by atoms with Gasteiger partial charge in [0.2, 0.25) is 10.0 Å². The van der Waals surface area contributed by atoms with Crippen molar-refractivity contribution in [3.8, 4) is 0 Å². The Hall–Kier alpha value is -0.170. The van der Waals surface area contributed by atoms with Gasteiger partial charge in [0.15, 0.2) is 0 Å². The summed E-state index contributed by atoms with van der Waals surface area (Å²) in [6.07, 6.45) is 4.26. The van der Waals surface area contributed by atoms with Crippen LogP contribution in [-0.4, -0.2) is 57.9 Å². The molecule has 1 unspecified atom stereocenters. The van der Waals surface area contributed by atoms with Crippen LogP contribution in [0.5, 0.6) is 0 Å². The standard InChI is InChI=1S/C14H28N2O3S/c1-12(14-3-4-14)16(9-10-19-2)20(17,18)11-13-5-7-15-8-6-13/h12-15H,3-11H2,1-2H3. The van der Waals surface area contributed by atoms with E-state index in [0.717, 1.165) is 38.8 Å². The maximum Gasteiger partial charge on any atom is 0.214 e. The zero-order valence-electron chi connectivity index (χ0n) is 12.7. The van der Waals surface area contributed by atoms with Crippen LogP contribution in [-0.2, 0) is 14.8 Å². The second-order valence-electron chi connectivity index (χ2n) is 6.15. The maximum absolute atomic E-state index is 12.7. The minimum atomic E-state index is -3.17. The summed E-state index contributed by atoms with van der Waals surface area (Å²) in [5, 5.41) is 3.29. The minimum absolute atomic E-state index is 0.122. The van der Waals surface area contributed by atoms with Crippen LogP contribution in [0.3, 0.4) is 0 Å². The highest BCUT2D eigenvalue weighted by Gasteiger charge is 2.38. The van der Waals surface area contributed by atoms with Crippen molar-refractivity contribution in [2.45, 2.75) is 38.6 Å². The Bertz CT molecular complexity index is 389. The Labute approximate surface area is 123 Å². The predicted octanol–water partition coefficient (Wildman–Crippen LogP) is 1.06. The van der Waals surface area contributed by atoms with E-state index in [4.69, 9.17) is 4.74 Å². The zero-order chi connectivity index (χ0) is 14.6. The molecule has 2 aliphatic rings. The van der Waals surface area contributed by atoms with Gasteiger partial charge in [-0.2, -0.15) is 4.31 Å². The van der Waals surface area contributed by atoms with Crippen LogP contribution < -0.4 is 5.32 Å². The first-order chi connectivity index (χ1) is 9.54. The van der Waals surface area contributed by atoms with Crippen LogP contribution in [0.2, 0.25) is 0 Å². The van der Waals surface area contributed by atoms with Crippen LogP contribution in [0.1, 0.15) is 32.6 Å². The van der Waals surface area contributed by atoms with Crippen molar-refractivity contribution in [3.63, 3.8) is 0 Å². The fraction of sp³-hybridized carbons (Fsp3) is 1.00. The fourth-order valence-electron chi connectivity index (χ4n) is 3.03. The van der Waals surface area contributed by atoms with E-state index >= 15 is 0 Å². The lowest BCUT2D eigenvalue weighted by molar-refractivity contribution is 0.164. The summed E-state index contributed by atoms with van der Waals surface area (Å²) >= 11 is 0. The number of sulfonamides is 1. The Morgan fingerprint density at radius 1 is 1.25 bits per heavy atom. The molecule has 0 aromatic heterocycles. The minimum Gasteiger partial charge on any atom is -0.383 e. The number of nitrogens with one attached hydrogen (secondary N) is 1. The van der Waals surface area contributed by atoms with E-state index in [2.05, 4.69) is 5.32 Å². The van der Waals surface area contributed by atoms with E-state index in [-0.39, 0.29) is 6.04 Å². The first-order valence-electron chi connectivity index (χ1n) is 7.73. The molecule has 2 fully saturated rings. The van der Waals surface area contributed by atoms with Crippen molar-refractivity contribution in [2.24, 2.45) is 11.8 Å². The lowest BCUT2D eigenvalue weighted by atomic mass is 10.0.